The van der Waals surface area contributed by atoms with Gasteiger partial charge in [-0.2, -0.15) is 0 Å². The van der Waals surface area contributed by atoms with Crippen LogP contribution in [0.25, 0.3) is 0 Å². The van der Waals surface area contributed by atoms with E-state index in [0.717, 1.165) is 19.6 Å². The predicted octanol–water partition coefficient (Wildman–Crippen LogP) is 1.59. The van der Waals surface area contributed by atoms with Gasteiger partial charge in [0.25, 0.3) is 0 Å². The molecule has 3 rings (SSSR count). The minimum absolute atomic E-state index is 0.136. The Hall–Kier alpha value is -2.28. The normalized spacial score (nSPS) is 17.7. The number of anilines is 1. The average Bonchev–Trinajstić information content (AvgIpc) is 2.67. The van der Waals surface area contributed by atoms with Crippen LogP contribution < -0.4 is 14.8 Å². The highest BCUT2D eigenvalue weighted by molar-refractivity contribution is 6.10. The van der Waals surface area contributed by atoms with E-state index in [2.05, 4.69) is 17.1 Å². The minimum atomic E-state index is -1.14. The molecule has 1 N–H and O–H groups in total. The van der Waals surface area contributed by atoms with E-state index in [1.165, 1.54) is 0 Å². The monoisotopic (exact) mass is 361 g/mol. The number of fused-ring (bicyclic) bond motifs is 1. The molecule has 0 spiro atoms. The standard InChI is InChI=1S/C19H27N3O4/c1-4-21-7-9-22(10-8-21)18(24)19(2,3)17(23)20-14-5-6-15-16(13-14)26-12-11-25-15/h5-6,13H,4,7-12H2,1-3H3,(H,20,23). The van der Waals surface area contributed by atoms with Gasteiger partial charge < -0.3 is 24.6 Å². The molecule has 0 aliphatic carbocycles. The van der Waals surface area contributed by atoms with E-state index in [-0.39, 0.29) is 11.8 Å². The first-order valence-electron chi connectivity index (χ1n) is 9.14. The van der Waals surface area contributed by atoms with Crippen LogP contribution in [0.1, 0.15) is 20.8 Å². The number of amides is 2. The maximum atomic E-state index is 12.9. The number of hydrogen-bond donors (Lipinski definition) is 1. The molecule has 2 aliphatic heterocycles. The summed E-state index contributed by atoms with van der Waals surface area (Å²) < 4.78 is 11.0. The Kier molecular flexibility index (Phi) is 5.36. The largest absolute Gasteiger partial charge is 0.486 e. The summed E-state index contributed by atoms with van der Waals surface area (Å²) in [5.41, 5.74) is -0.544. The third kappa shape index (κ3) is 3.77. The zero-order valence-electron chi connectivity index (χ0n) is 15.7. The molecule has 0 bridgehead atoms. The van der Waals surface area contributed by atoms with E-state index in [4.69, 9.17) is 9.47 Å². The molecule has 0 radical (unpaired) electrons. The number of ether oxygens (including phenoxy) is 2. The van der Waals surface area contributed by atoms with Gasteiger partial charge in [0.05, 0.1) is 0 Å². The predicted molar refractivity (Wildman–Crippen MR) is 98.5 cm³/mol. The number of hydrogen-bond acceptors (Lipinski definition) is 5. The Balaban J connectivity index is 1.65. The molecular formula is C19H27N3O4. The SMILES string of the molecule is CCN1CCN(C(=O)C(C)(C)C(=O)Nc2ccc3c(c2)OCCO3)CC1. The summed E-state index contributed by atoms with van der Waals surface area (Å²) >= 11 is 0. The van der Waals surface area contributed by atoms with E-state index in [1.807, 2.05) is 0 Å². The van der Waals surface area contributed by atoms with Crippen molar-refractivity contribution in [3.05, 3.63) is 18.2 Å². The highest BCUT2D eigenvalue weighted by atomic mass is 16.6. The number of rotatable bonds is 4. The first-order chi connectivity index (χ1) is 12.4. The summed E-state index contributed by atoms with van der Waals surface area (Å²) in [6.07, 6.45) is 0. The van der Waals surface area contributed by atoms with Gasteiger partial charge in [-0.25, -0.2) is 0 Å². The summed E-state index contributed by atoms with van der Waals surface area (Å²) in [7, 11) is 0. The second-order valence-electron chi connectivity index (χ2n) is 7.16. The zero-order valence-corrected chi connectivity index (χ0v) is 15.7. The zero-order chi connectivity index (χ0) is 18.7. The molecule has 2 aliphatic rings. The van der Waals surface area contributed by atoms with Crippen molar-refractivity contribution in [3.63, 3.8) is 0 Å². The summed E-state index contributed by atoms with van der Waals surface area (Å²) in [5.74, 6) is 0.813. The third-order valence-electron chi connectivity index (χ3n) is 5.01. The maximum absolute atomic E-state index is 12.9. The van der Waals surface area contributed by atoms with Gasteiger partial charge >= 0.3 is 0 Å². The highest BCUT2D eigenvalue weighted by Crippen LogP contribution is 2.33. The van der Waals surface area contributed by atoms with Gasteiger partial charge in [0.2, 0.25) is 11.8 Å². The van der Waals surface area contributed by atoms with Crippen LogP contribution in [0.5, 0.6) is 11.5 Å². The van der Waals surface area contributed by atoms with Crippen molar-refractivity contribution >= 4 is 17.5 Å². The lowest BCUT2D eigenvalue weighted by atomic mass is 9.89. The molecule has 1 fully saturated rings. The molecule has 0 saturated carbocycles. The molecule has 7 nitrogen and oxygen atoms in total. The van der Waals surface area contributed by atoms with Gasteiger partial charge in [-0.15, -0.1) is 0 Å². The fraction of sp³-hybridized carbons (Fsp3) is 0.579. The van der Waals surface area contributed by atoms with Gasteiger partial charge in [0.15, 0.2) is 11.5 Å². The summed E-state index contributed by atoms with van der Waals surface area (Å²) in [4.78, 5) is 29.7. The number of nitrogens with zero attached hydrogens (tertiary/aromatic N) is 2. The summed E-state index contributed by atoms with van der Waals surface area (Å²) in [6.45, 7) is 10.5. The van der Waals surface area contributed by atoms with Gasteiger partial charge in [-0.3, -0.25) is 9.59 Å². The van der Waals surface area contributed by atoms with Crippen LogP contribution in [-0.2, 0) is 9.59 Å². The highest BCUT2D eigenvalue weighted by Gasteiger charge is 2.40. The molecule has 0 unspecified atom stereocenters. The molecule has 1 aromatic rings. The van der Waals surface area contributed by atoms with Gasteiger partial charge in [0, 0.05) is 37.9 Å². The van der Waals surface area contributed by atoms with E-state index in [9.17, 15) is 9.59 Å². The van der Waals surface area contributed by atoms with Crippen LogP contribution in [0.2, 0.25) is 0 Å². The quantitative estimate of drug-likeness (QED) is 0.825. The Morgan fingerprint density at radius 1 is 1.08 bits per heavy atom. The fourth-order valence-electron chi connectivity index (χ4n) is 3.17. The smallest absolute Gasteiger partial charge is 0.239 e. The van der Waals surface area contributed by atoms with Crippen LogP contribution in [0.3, 0.4) is 0 Å². The molecule has 142 valence electrons. The Morgan fingerprint density at radius 2 is 1.73 bits per heavy atom. The van der Waals surface area contributed by atoms with Crippen LogP contribution in [0, 0.1) is 5.41 Å². The molecule has 7 heteroatoms. The number of carbonyl (C=O) groups is 2. The third-order valence-corrected chi connectivity index (χ3v) is 5.01. The van der Waals surface area contributed by atoms with Crippen molar-refractivity contribution in [1.29, 1.82) is 0 Å². The molecule has 2 amide bonds. The van der Waals surface area contributed by atoms with Crippen LogP contribution in [-0.4, -0.2) is 67.6 Å². The second-order valence-corrected chi connectivity index (χ2v) is 7.16. The average molecular weight is 361 g/mol. The van der Waals surface area contributed by atoms with Crippen LogP contribution in [0.15, 0.2) is 18.2 Å². The topological polar surface area (TPSA) is 71.1 Å². The molecule has 26 heavy (non-hydrogen) atoms. The van der Waals surface area contributed by atoms with E-state index < -0.39 is 5.41 Å². The summed E-state index contributed by atoms with van der Waals surface area (Å²) in [6, 6.07) is 5.25. The Bertz CT molecular complexity index is 681. The maximum Gasteiger partial charge on any atom is 0.239 e. The minimum Gasteiger partial charge on any atom is -0.486 e. The molecule has 0 atom stereocenters. The lowest BCUT2D eigenvalue weighted by Gasteiger charge is -2.37. The number of piperazine rings is 1. The first-order valence-corrected chi connectivity index (χ1v) is 9.14. The molecule has 2 heterocycles. The Labute approximate surface area is 154 Å². The van der Waals surface area contributed by atoms with Crippen molar-refractivity contribution in [2.75, 3.05) is 51.3 Å². The van der Waals surface area contributed by atoms with Gasteiger partial charge in [-0.1, -0.05) is 6.92 Å². The lowest BCUT2D eigenvalue weighted by molar-refractivity contribution is -0.147. The number of carbonyl (C=O) groups excluding carboxylic acids is 2. The van der Waals surface area contributed by atoms with Crippen molar-refractivity contribution in [1.82, 2.24) is 9.80 Å². The first kappa shape index (κ1) is 18.5. The molecule has 0 aromatic heterocycles. The molecule has 1 aromatic carbocycles. The van der Waals surface area contributed by atoms with E-state index >= 15 is 0 Å². The molecule has 1 saturated heterocycles. The lowest BCUT2D eigenvalue weighted by Crippen LogP contribution is -2.54. The van der Waals surface area contributed by atoms with Crippen molar-refractivity contribution in [3.8, 4) is 11.5 Å². The van der Waals surface area contributed by atoms with Crippen LogP contribution >= 0.6 is 0 Å². The van der Waals surface area contributed by atoms with Crippen molar-refractivity contribution in [2.45, 2.75) is 20.8 Å². The van der Waals surface area contributed by atoms with Gasteiger partial charge in [-0.05, 0) is 32.5 Å². The fourth-order valence-corrected chi connectivity index (χ4v) is 3.17. The van der Waals surface area contributed by atoms with E-state index in [1.54, 1.807) is 36.9 Å². The summed E-state index contributed by atoms with van der Waals surface area (Å²) in [5, 5.41) is 2.84. The van der Waals surface area contributed by atoms with Crippen molar-refractivity contribution in [2.24, 2.45) is 5.41 Å². The van der Waals surface area contributed by atoms with E-state index in [0.29, 0.717) is 43.5 Å². The number of nitrogens with one attached hydrogen (secondary N) is 1. The number of benzene rings is 1. The van der Waals surface area contributed by atoms with Gasteiger partial charge in [0.1, 0.15) is 18.6 Å². The Morgan fingerprint density at radius 3 is 2.38 bits per heavy atom. The molecular weight excluding hydrogens is 334 g/mol. The number of likely N-dealkylation sites (N-methyl/N-ethyl adjacent to an activating group) is 1. The second kappa shape index (κ2) is 7.53. The van der Waals surface area contributed by atoms with Crippen LogP contribution in [0.4, 0.5) is 5.69 Å². The van der Waals surface area contributed by atoms with Crippen molar-refractivity contribution < 1.29 is 19.1 Å².